The number of hydrogen-bond donors (Lipinski definition) is 0. The molecule has 0 bridgehead atoms. The molecular weight excluding hydrogens is 337 g/mol. The van der Waals surface area contributed by atoms with Gasteiger partial charge in [0.2, 0.25) is 0 Å². The number of halogens is 3. The number of alkyl halides is 3. The molecule has 0 aliphatic rings. The highest BCUT2D eigenvalue weighted by atomic mass is 32.2. The molecule has 0 radical (unpaired) electrons. The van der Waals surface area contributed by atoms with Crippen molar-refractivity contribution in [3.63, 3.8) is 0 Å². The maximum absolute atomic E-state index is 12.6. The summed E-state index contributed by atoms with van der Waals surface area (Å²) in [5, 5.41) is 11.4. The minimum atomic E-state index is -4.36. The number of hydrogen-bond acceptors (Lipinski definition) is 4. The van der Waals surface area contributed by atoms with E-state index < -0.39 is 11.7 Å². The molecule has 0 saturated heterocycles. The van der Waals surface area contributed by atoms with Gasteiger partial charge in [0.25, 0.3) is 0 Å². The van der Waals surface area contributed by atoms with Gasteiger partial charge in [-0.25, -0.2) is 0 Å². The number of tetrazole rings is 1. The number of aryl methyl sites for hydroxylation is 1. The molecule has 3 aromatic rings. The fourth-order valence-corrected chi connectivity index (χ4v) is 2.87. The molecule has 0 saturated carbocycles. The maximum atomic E-state index is 12.6. The second kappa shape index (κ2) is 6.64. The van der Waals surface area contributed by atoms with Crippen molar-refractivity contribution >= 4 is 11.8 Å². The smallest absolute Gasteiger partial charge is 0.196 e. The zero-order chi connectivity index (χ0) is 17.2. The van der Waals surface area contributed by atoms with Crippen LogP contribution in [0.5, 0.6) is 0 Å². The number of rotatable bonds is 4. The Morgan fingerprint density at radius 3 is 2.29 bits per heavy atom. The third-order valence-electron chi connectivity index (χ3n) is 3.36. The Morgan fingerprint density at radius 1 is 1.00 bits per heavy atom. The van der Waals surface area contributed by atoms with Crippen LogP contribution in [-0.2, 0) is 11.9 Å². The van der Waals surface area contributed by atoms with Crippen molar-refractivity contribution in [1.82, 2.24) is 20.2 Å². The van der Waals surface area contributed by atoms with Gasteiger partial charge in [0, 0.05) is 4.90 Å². The zero-order valence-electron chi connectivity index (χ0n) is 12.7. The van der Waals surface area contributed by atoms with Crippen molar-refractivity contribution < 1.29 is 13.2 Å². The Kier molecular flexibility index (Phi) is 4.57. The summed E-state index contributed by atoms with van der Waals surface area (Å²) in [6.07, 6.45) is -4.36. The molecule has 1 heterocycles. The van der Waals surface area contributed by atoms with E-state index in [2.05, 4.69) is 15.5 Å². The first-order valence-electron chi connectivity index (χ1n) is 7.08. The van der Waals surface area contributed by atoms with E-state index >= 15 is 0 Å². The lowest BCUT2D eigenvalue weighted by Crippen LogP contribution is -2.06. The summed E-state index contributed by atoms with van der Waals surface area (Å²) in [7, 11) is 0. The zero-order valence-corrected chi connectivity index (χ0v) is 13.5. The van der Waals surface area contributed by atoms with Gasteiger partial charge < -0.3 is 0 Å². The molecule has 2 aromatic carbocycles. The van der Waals surface area contributed by atoms with Crippen LogP contribution in [0.4, 0.5) is 13.2 Å². The summed E-state index contributed by atoms with van der Waals surface area (Å²) in [4.78, 5) is 1.07. The van der Waals surface area contributed by atoms with Crippen LogP contribution in [0.1, 0.15) is 17.0 Å². The maximum Gasteiger partial charge on any atom is 0.416 e. The highest BCUT2D eigenvalue weighted by Gasteiger charge is 2.30. The van der Waals surface area contributed by atoms with Gasteiger partial charge in [-0.2, -0.15) is 17.9 Å². The van der Waals surface area contributed by atoms with Crippen molar-refractivity contribution in [2.75, 3.05) is 0 Å². The van der Waals surface area contributed by atoms with E-state index in [1.807, 2.05) is 31.2 Å². The van der Waals surface area contributed by atoms with Crippen LogP contribution in [0.3, 0.4) is 0 Å². The van der Waals surface area contributed by atoms with Gasteiger partial charge in [0.1, 0.15) is 0 Å². The molecule has 0 fully saturated rings. The first-order chi connectivity index (χ1) is 11.4. The first kappa shape index (κ1) is 16.5. The second-order valence-electron chi connectivity index (χ2n) is 5.15. The van der Waals surface area contributed by atoms with E-state index in [0.29, 0.717) is 17.3 Å². The van der Waals surface area contributed by atoms with E-state index in [9.17, 15) is 13.2 Å². The van der Waals surface area contributed by atoms with Crippen LogP contribution in [-0.4, -0.2) is 20.2 Å². The standard InChI is InChI=1S/C16H13F3N4S/c1-11-2-8-14(9-3-11)24-10-15-20-21-22-23(15)13-6-4-12(5-7-13)16(17,18)19/h2-9H,10H2,1H3. The molecule has 124 valence electrons. The molecule has 1 aromatic heterocycles. The number of aromatic nitrogens is 4. The molecule has 0 N–H and O–H groups in total. The fraction of sp³-hybridized carbons (Fsp3) is 0.188. The van der Waals surface area contributed by atoms with Crippen LogP contribution < -0.4 is 0 Å². The Hall–Kier alpha value is -2.35. The van der Waals surface area contributed by atoms with Crippen molar-refractivity contribution in [2.45, 2.75) is 23.7 Å². The van der Waals surface area contributed by atoms with Crippen LogP contribution in [0.2, 0.25) is 0 Å². The molecule has 0 amide bonds. The molecule has 0 atom stereocenters. The Balaban J connectivity index is 1.76. The minimum Gasteiger partial charge on any atom is -0.196 e. The first-order valence-corrected chi connectivity index (χ1v) is 8.06. The van der Waals surface area contributed by atoms with E-state index in [4.69, 9.17) is 0 Å². The third-order valence-corrected chi connectivity index (χ3v) is 4.37. The van der Waals surface area contributed by atoms with Crippen LogP contribution >= 0.6 is 11.8 Å². The predicted molar refractivity (Wildman–Crippen MR) is 84.9 cm³/mol. The molecule has 0 aliphatic carbocycles. The van der Waals surface area contributed by atoms with E-state index in [0.717, 1.165) is 17.0 Å². The van der Waals surface area contributed by atoms with Crippen molar-refractivity contribution in [3.8, 4) is 5.69 Å². The lowest BCUT2D eigenvalue weighted by atomic mass is 10.2. The quantitative estimate of drug-likeness (QED) is 0.659. The lowest BCUT2D eigenvalue weighted by molar-refractivity contribution is -0.137. The highest BCUT2D eigenvalue weighted by molar-refractivity contribution is 7.98. The number of nitrogens with zero attached hydrogens (tertiary/aromatic N) is 4. The van der Waals surface area contributed by atoms with E-state index in [1.165, 1.54) is 22.4 Å². The monoisotopic (exact) mass is 350 g/mol. The molecule has 8 heteroatoms. The Labute approximate surface area is 140 Å². The summed E-state index contributed by atoms with van der Waals surface area (Å²) in [5.74, 6) is 1.08. The van der Waals surface area contributed by atoms with Crippen molar-refractivity contribution in [2.24, 2.45) is 0 Å². The Morgan fingerprint density at radius 2 is 1.67 bits per heavy atom. The van der Waals surface area contributed by atoms with Gasteiger partial charge in [0.15, 0.2) is 5.82 Å². The number of thioether (sulfide) groups is 1. The van der Waals surface area contributed by atoms with Gasteiger partial charge in [-0.1, -0.05) is 17.7 Å². The summed E-state index contributed by atoms with van der Waals surface area (Å²) in [5.41, 5.74) is 0.969. The summed E-state index contributed by atoms with van der Waals surface area (Å²) < 4.78 is 39.3. The Bertz CT molecular complexity index is 811. The SMILES string of the molecule is Cc1ccc(SCc2nnnn2-c2ccc(C(F)(F)F)cc2)cc1. The minimum absolute atomic E-state index is 0.493. The van der Waals surface area contributed by atoms with Gasteiger partial charge in [-0.15, -0.1) is 16.9 Å². The normalized spacial score (nSPS) is 11.7. The molecule has 3 rings (SSSR count). The number of benzene rings is 2. The van der Waals surface area contributed by atoms with E-state index in [-0.39, 0.29) is 0 Å². The molecule has 0 unspecified atom stereocenters. The van der Waals surface area contributed by atoms with Crippen molar-refractivity contribution in [3.05, 3.63) is 65.5 Å². The average Bonchev–Trinajstić information content (AvgIpc) is 3.02. The summed E-state index contributed by atoms with van der Waals surface area (Å²) >= 11 is 1.56. The molecule has 24 heavy (non-hydrogen) atoms. The van der Waals surface area contributed by atoms with Crippen LogP contribution in [0.25, 0.3) is 5.69 Å². The molecule has 0 aliphatic heterocycles. The predicted octanol–water partition coefficient (Wildman–Crippen LogP) is 4.28. The second-order valence-corrected chi connectivity index (χ2v) is 6.20. The van der Waals surface area contributed by atoms with Gasteiger partial charge in [-0.3, -0.25) is 0 Å². The lowest BCUT2D eigenvalue weighted by Gasteiger charge is -2.08. The molecule has 4 nitrogen and oxygen atoms in total. The molecular formula is C16H13F3N4S. The fourth-order valence-electron chi connectivity index (χ4n) is 2.07. The third kappa shape index (κ3) is 3.76. The van der Waals surface area contributed by atoms with Gasteiger partial charge in [-0.05, 0) is 53.7 Å². The van der Waals surface area contributed by atoms with Crippen LogP contribution in [0, 0.1) is 6.92 Å². The topological polar surface area (TPSA) is 43.6 Å². The van der Waals surface area contributed by atoms with Crippen molar-refractivity contribution in [1.29, 1.82) is 0 Å². The van der Waals surface area contributed by atoms with Gasteiger partial charge >= 0.3 is 6.18 Å². The average molecular weight is 350 g/mol. The van der Waals surface area contributed by atoms with Crippen LogP contribution in [0.15, 0.2) is 53.4 Å². The van der Waals surface area contributed by atoms with E-state index in [1.54, 1.807) is 11.8 Å². The highest BCUT2D eigenvalue weighted by Crippen LogP contribution is 2.30. The summed E-state index contributed by atoms with van der Waals surface area (Å²) in [6, 6.07) is 12.8. The van der Waals surface area contributed by atoms with Gasteiger partial charge in [0.05, 0.1) is 17.0 Å². The summed E-state index contributed by atoms with van der Waals surface area (Å²) in [6.45, 7) is 2.01. The molecule has 0 spiro atoms. The largest absolute Gasteiger partial charge is 0.416 e.